The van der Waals surface area contributed by atoms with E-state index in [2.05, 4.69) is 243 Å². The Kier molecular flexibility index (Phi) is 46.4. The third-order valence-corrected chi connectivity index (χ3v) is 18.3. The Balaban J connectivity index is 0.000000248. The normalized spacial score (nSPS) is 10.8. The molecule has 0 fully saturated rings. The standard InChI is InChI=1S/C12H12F3N4.C12H15N4.C11H13N4.C9H3F6N4.6C8H7N4.5Pt/c1-11(2,3)10-8(12(13,14)15)9(18-19-10)7-4-5-16-6-17-7;1-8-10(9-5-6-13-7-14-9)15-16-11(8)12(2,3)4;1-11(2,3)10-6-9(14-15-10)8-4-5-12-7-13-8;10-8(11,12)5-6(4-1-2-16-3-17-4)18-19-7(5)9(13,14)15;6*1-6-4-8(12-11-6)7-2-3-9-5-10-7;;;;;/h4-6H,1-3H3;5-7H,1-4H3;4-7H,1-3H3;1-3H;6*2-5H,1H3;;;;;/q10*-1;5*+2. The van der Waals surface area contributed by atoms with Crippen molar-refractivity contribution in [1.82, 2.24) is 202 Å². The molecule has 0 aliphatic carbocycles. The summed E-state index contributed by atoms with van der Waals surface area (Å²) >= 11 is 0. The summed E-state index contributed by atoms with van der Waals surface area (Å²) in [4.78, 5) is 77.7. The van der Waals surface area contributed by atoms with E-state index in [9.17, 15) is 39.5 Å². The molecule has 0 aliphatic rings. The van der Waals surface area contributed by atoms with Gasteiger partial charge in [0.15, 0.2) is 0 Å². The van der Waals surface area contributed by atoms with Crippen LogP contribution in [-0.4, -0.2) is 151 Å². The third kappa shape index (κ3) is 36.2. The van der Waals surface area contributed by atoms with E-state index in [0.717, 1.165) is 161 Å². The fourth-order valence-electron chi connectivity index (χ4n) is 11.8. The number of aromatic nitrogens is 40. The minimum atomic E-state index is -5.25. The molecule has 20 aromatic rings. The van der Waals surface area contributed by atoms with Gasteiger partial charge in [-0.15, -0.1) is 0 Å². The Labute approximate surface area is 900 Å². The molecule has 54 heteroatoms. The van der Waals surface area contributed by atoms with Gasteiger partial charge in [0.05, 0.1) is 68.1 Å². The van der Waals surface area contributed by atoms with Gasteiger partial charge in [0, 0.05) is 129 Å². The largest absolute Gasteiger partial charge is 2.00 e. The van der Waals surface area contributed by atoms with Crippen LogP contribution in [0.25, 0.3) is 114 Å². The van der Waals surface area contributed by atoms with Crippen molar-refractivity contribution in [3.63, 3.8) is 0 Å². The van der Waals surface area contributed by atoms with Crippen molar-refractivity contribution in [3.8, 4) is 114 Å². The zero-order valence-corrected chi connectivity index (χ0v) is 91.1. The van der Waals surface area contributed by atoms with Gasteiger partial charge in [0.2, 0.25) is 0 Å². The Morgan fingerprint density at radius 2 is 0.390 bits per heavy atom. The van der Waals surface area contributed by atoms with Gasteiger partial charge >= 0.3 is 124 Å². The summed E-state index contributed by atoms with van der Waals surface area (Å²) in [5.74, 6) is 0. The first-order valence-electron chi connectivity index (χ1n) is 41.9. The van der Waals surface area contributed by atoms with E-state index in [1.165, 1.54) is 69.2 Å². The molecule has 0 amide bonds. The third-order valence-electron chi connectivity index (χ3n) is 18.3. The van der Waals surface area contributed by atoms with Gasteiger partial charge < -0.3 is 102 Å². The molecule has 0 saturated heterocycles. The van der Waals surface area contributed by atoms with Gasteiger partial charge in [-0.3, -0.25) is 0 Å². The van der Waals surface area contributed by atoms with Crippen molar-refractivity contribution < 1.29 is 145 Å². The summed E-state index contributed by atoms with van der Waals surface area (Å²) in [5.41, 5.74) is 14.4. The molecule has 0 atom stereocenters. The molecule has 20 aromatic heterocycles. The van der Waals surface area contributed by atoms with Gasteiger partial charge in [-0.2, -0.15) is 39.5 Å². The Morgan fingerprint density at radius 3 is 0.568 bits per heavy atom. The molecule has 0 N–H and O–H groups in total. The van der Waals surface area contributed by atoms with Crippen molar-refractivity contribution >= 4 is 0 Å². The first kappa shape index (κ1) is 120. The zero-order chi connectivity index (χ0) is 101. The van der Waals surface area contributed by atoms with Crippen LogP contribution in [0.4, 0.5) is 39.5 Å². The van der Waals surface area contributed by atoms with Crippen LogP contribution in [0.2, 0.25) is 0 Å². The molecular formula is C92H85F9N40Pt5. The predicted molar refractivity (Wildman–Crippen MR) is 490 cm³/mol. The SMILES string of the molecule is CC(C)(C)c1cc(-c2ccncn2)[n-]n1.CC(C)(C)c1n[n-]c(-c2ccncn2)c1C(F)(F)F.Cc1c(C(C)(C)C)n[n-]c1-c1ccncn1.Cc1cc(-c2ccncn2)[n-]n1.Cc1cc(-c2ccncn2)[n-]n1.Cc1cc(-c2ccncn2)[n-]n1.Cc1cc(-c2ccncn2)[n-]n1.Cc1cc(-c2ccncn2)[n-]n1.Cc1cc(-c2ccncn2)[n-]n1.FC(F)(F)c1n[n-]c(-c2ccncn2)c1C(F)(F)F.[Pt+2].[Pt+2].[Pt+2].[Pt+2].[Pt+2]. The van der Waals surface area contributed by atoms with Gasteiger partial charge in [0.1, 0.15) is 69.0 Å². The van der Waals surface area contributed by atoms with Crippen LogP contribution < -0.4 is 51.0 Å². The summed E-state index contributed by atoms with van der Waals surface area (Å²) in [7, 11) is 0. The first-order chi connectivity index (χ1) is 67.2. The van der Waals surface area contributed by atoms with Crippen LogP contribution in [0.5, 0.6) is 0 Å². The summed E-state index contributed by atoms with van der Waals surface area (Å²) in [6, 6.07) is 30.3. The first-order valence-corrected chi connectivity index (χ1v) is 41.9. The maximum Gasteiger partial charge on any atom is 2.00 e. The molecule has 0 aromatic carbocycles. The van der Waals surface area contributed by atoms with E-state index < -0.39 is 46.5 Å². The molecule has 146 heavy (non-hydrogen) atoms. The number of nitrogens with zero attached hydrogens (tertiary/aromatic N) is 40. The van der Waals surface area contributed by atoms with E-state index in [1.54, 1.807) is 70.3 Å². The second kappa shape index (κ2) is 56.3. The van der Waals surface area contributed by atoms with Crippen molar-refractivity contribution in [2.24, 2.45) is 0 Å². The van der Waals surface area contributed by atoms with Gasteiger partial charge in [-0.05, 0) is 115 Å². The van der Waals surface area contributed by atoms with Crippen LogP contribution >= 0.6 is 0 Å². The minimum absolute atomic E-state index is 0. The van der Waals surface area contributed by atoms with E-state index in [1.807, 2.05) is 139 Å². The van der Waals surface area contributed by atoms with Crippen molar-refractivity contribution in [2.45, 2.75) is 146 Å². The quantitative estimate of drug-likeness (QED) is 0.115. The number of hydrogen-bond acceptors (Lipinski definition) is 30. The number of halogens is 9. The average Bonchev–Trinajstić information content (AvgIpc) is 1.62. The number of rotatable bonds is 10. The molecule has 0 radical (unpaired) electrons. The van der Waals surface area contributed by atoms with Gasteiger partial charge in [0.25, 0.3) is 0 Å². The smallest absolute Gasteiger partial charge is 0.574 e. The Bertz CT molecular complexity index is 6410. The molecule has 0 unspecified atom stereocenters. The topological polar surface area (TPSA) is 528 Å². The second-order valence-corrected chi connectivity index (χ2v) is 32.6. The molecule has 0 saturated carbocycles. The molecular weight excluding hydrogens is 2810 g/mol. The molecule has 40 nitrogen and oxygen atoms in total. The summed E-state index contributed by atoms with van der Waals surface area (Å²) in [5, 5.41) is 76.6. The van der Waals surface area contributed by atoms with Crippen molar-refractivity contribution in [1.29, 1.82) is 0 Å². The van der Waals surface area contributed by atoms with Crippen LogP contribution in [0.3, 0.4) is 0 Å². The Hall–Kier alpha value is -14.3. The maximum absolute atomic E-state index is 13.2. The number of hydrogen-bond donors (Lipinski definition) is 0. The maximum atomic E-state index is 13.2. The van der Waals surface area contributed by atoms with E-state index in [0.29, 0.717) is 0 Å². The van der Waals surface area contributed by atoms with E-state index in [4.69, 9.17) is 0 Å². The summed E-state index contributed by atoms with van der Waals surface area (Å²) in [6.45, 7) is 31.2. The molecule has 20 rings (SSSR count). The van der Waals surface area contributed by atoms with Crippen LogP contribution in [0.1, 0.15) is 136 Å². The Morgan fingerprint density at radius 1 is 0.199 bits per heavy atom. The monoisotopic (exact) mass is 2900 g/mol. The predicted octanol–water partition coefficient (Wildman–Crippen LogP) is 14.1. The average molecular weight is 2900 g/mol. The number of alkyl halides is 9. The van der Waals surface area contributed by atoms with Gasteiger partial charge in [-0.25, -0.2) is 99.7 Å². The van der Waals surface area contributed by atoms with Gasteiger partial charge in [-0.1, -0.05) is 162 Å². The zero-order valence-electron chi connectivity index (χ0n) is 79.7. The van der Waals surface area contributed by atoms with E-state index >= 15 is 0 Å². The molecule has 766 valence electrons. The fraction of sp³-hybridized carbons (Fsp3) is 0.239. The minimum Gasteiger partial charge on any atom is -0.574 e. The molecule has 20 heterocycles. The van der Waals surface area contributed by atoms with Crippen LogP contribution in [-0.2, 0) is 140 Å². The summed E-state index contributed by atoms with van der Waals surface area (Å²) < 4.78 is 115. The van der Waals surface area contributed by atoms with Crippen LogP contribution in [0, 0.1) is 48.5 Å². The fourth-order valence-corrected chi connectivity index (χ4v) is 11.8. The molecule has 0 aliphatic heterocycles. The van der Waals surface area contributed by atoms with Crippen molar-refractivity contribution in [3.05, 3.63) is 302 Å². The van der Waals surface area contributed by atoms with E-state index in [-0.39, 0.29) is 139 Å². The second-order valence-electron chi connectivity index (χ2n) is 32.6. The number of aryl methyl sites for hydroxylation is 6. The van der Waals surface area contributed by atoms with Crippen molar-refractivity contribution in [2.75, 3.05) is 0 Å². The summed E-state index contributed by atoms with van der Waals surface area (Å²) in [6.07, 6.45) is 15.1. The molecule has 0 spiro atoms. The molecule has 0 bridgehead atoms. The van der Waals surface area contributed by atoms with Crippen LogP contribution in [0.15, 0.2) is 228 Å².